The van der Waals surface area contributed by atoms with Gasteiger partial charge in [0.1, 0.15) is 17.9 Å². The van der Waals surface area contributed by atoms with Crippen molar-refractivity contribution in [3.05, 3.63) is 47.8 Å². The second-order valence-electron chi connectivity index (χ2n) is 20.6. The largest absolute Gasteiger partial charge is 0.481 e. The molecule has 2 fully saturated rings. The lowest BCUT2D eigenvalue weighted by Crippen LogP contribution is -2.60. The van der Waals surface area contributed by atoms with Crippen molar-refractivity contribution in [3.63, 3.8) is 0 Å². The zero-order valence-electron chi connectivity index (χ0n) is 43.2. The average molecular weight is 983 g/mol. The van der Waals surface area contributed by atoms with Gasteiger partial charge in [-0.2, -0.15) is 0 Å². The molecule has 9 atom stereocenters. The van der Waals surface area contributed by atoms with Crippen LogP contribution in [0.2, 0.25) is 0 Å². The molecule has 0 aromatic heterocycles. The lowest BCUT2D eigenvalue weighted by Gasteiger charge is -2.41. The zero-order chi connectivity index (χ0) is 52.2. The van der Waals surface area contributed by atoms with E-state index in [-0.39, 0.29) is 90.6 Å². The summed E-state index contributed by atoms with van der Waals surface area (Å²) in [7, 11) is 6.22. The predicted octanol–water partition coefficient (Wildman–Crippen LogP) is 4.60. The van der Waals surface area contributed by atoms with Gasteiger partial charge in [0.05, 0.1) is 42.5 Å². The number of nitrogens with zero attached hydrogens (tertiary/aromatic N) is 4. The number of halogens is 1. The van der Waals surface area contributed by atoms with Gasteiger partial charge in [0.25, 0.3) is 11.8 Å². The molecule has 3 aliphatic rings. The molecule has 0 bridgehead atoms. The molecule has 1 spiro atoms. The molecule has 390 valence electrons. The van der Waals surface area contributed by atoms with Gasteiger partial charge in [0.2, 0.25) is 29.5 Å². The molecule has 2 heterocycles. The Labute approximate surface area is 413 Å². The standard InChI is InChI=1S/C52H79FN6O11/c1-12-33(6)46(57(9)50(66)44(31(2)3)55-49(65)45(32(4)5)56(8)40(60)20-14-13-17-25-58-41(61)21-22-42(58)62)39(69-10)27-43(63)59-30-52(23-24-52)28-38(59)47(70-11)34(7)48(64)54-29-36(51(67)68)26-35-18-15-16-19-37(35)53/h15-16,18-19,21-22,31-34,36,38-39,44-47H,12-14,17,20,23-30H2,1-11H3,(H,54,64)(H,55,65)(H,67,68)/t33-,34+,36+,38-,39?,44-,45-,46-,47+/m0/s1. The van der Waals surface area contributed by atoms with E-state index in [0.717, 1.165) is 12.8 Å². The minimum atomic E-state index is -1.17. The molecule has 1 saturated carbocycles. The Morgan fingerprint density at radius 2 is 1.53 bits per heavy atom. The van der Waals surface area contributed by atoms with Gasteiger partial charge in [-0.05, 0) is 73.3 Å². The third-order valence-corrected chi connectivity index (χ3v) is 14.9. The van der Waals surface area contributed by atoms with Crippen LogP contribution in [0.3, 0.4) is 0 Å². The molecule has 0 radical (unpaired) electrons. The van der Waals surface area contributed by atoms with Crippen LogP contribution in [0.5, 0.6) is 0 Å². The highest BCUT2D eigenvalue weighted by molar-refractivity contribution is 6.12. The smallest absolute Gasteiger partial charge is 0.308 e. The first-order valence-electron chi connectivity index (χ1n) is 25.0. The lowest BCUT2D eigenvalue weighted by atomic mass is 9.89. The Bertz CT molecular complexity index is 2040. The molecule has 4 rings (SSSR count). The first-order chi connectivity index (χ1) is 33.0. The van der Waals surface area contributed by atoms with Gasteiger partial charge in [-0.25, -0.2) is 4.39 Å². The van der Waals surface area contributed by atoms with Gasteiger partial charge in [0.15, 0.2) is 0 Å². The Morgan fingerprint density at radius 3 is 2.07 bits per heavy atom. The molecule has 2 aliphatic heterocycles. The number of hydrogen-bond donors (Lipinski definition) is 3. The summed E-state index contributed by atoms with van der Waals surface area (Å²) in [6.45, 7) is 13.5. The molecule has 18 heteroatoms. The van der Waals surface area contributed by atoms with Crippen molar-refractivity contribution < 1.29 is 57.3 Å². The second-order valence-corrected chi connectivity index (χ2v) is 20.6. The molecule has 7 amide bonds. The first-order valence-corrected chi connectivity index (χ1v) is 25.0. The van der Waals surface area contributed by atoms with Crippen LogP contribution in [0.25, 0.3) is 0 Å². The van der Waals surface area contributed by atoms with E-state index in [2.05, 4.69) is 10.6 Å². The summed E-state index contributed by atoms with van der Waals surface area (Å²) in [4.78, 5) is 112. The normalized spacial score (nSPS) is 19.7. The quantitative estimate of drug-likeness (QED) is 0.0780. The zero-order valence-corrected chi connectivity index (χ0v) is 43.2. The van der Waals surface area contributed by atoms with Crippen molar-refractivity contribution in [1.82, 2.24) is 30.2 Å². The van der Waals surface area contributed by atoms with E-state index >= 15 is 0 Å². The van der Waals surface area contributed by atoms with Crippen molar-refractivity contribution in [2.45, 2.75) is 149 Å². The van der Waals surface area contributed by atoms with Crippen LogP contribution >= 0.6 is 0 Å². The molecule has 1 saturated heterocycles. The maximum atomic E-state index is 14.7. The summed E-state index contributed by atoms with van der Waals surface area (Å²) >= 11 is 0. The second kappa shape index (κ2) is 25.8. The van der Waals surface area contributed by atoms with E-state index in [1.54, 1.807) is 36.9 Å². The van der Waals surface area contributed by atoms with E-state index in [1.165, 1.54) is 54.4 Å². The van der Waals surface area contributed by atoms with Crippen LogP contribution in [0.4, 0.5) is 4.39 Å². The van der Waals surface area contributed by atoms with E-state index in [9.17, 15) is 47.9 Å². The van der Waals surface area contributed by atoms with Crippen LogP contribution in [0.15, 0.2) is 36.4 Å². The van der Waals surface area contributed by atoms with E-state index in [1.807, 2.05) is 41.5 Å². The monoisotopic (exact) mass is 983 g/mol. The SMILES string of the molecule is CC[C@H](C)[C@@H](C(CC(=O)N1CC2(CC2)C[C@H]1[C@H](OC)[C@@H](C)C(=O)NC[C@@H](Cc1ccccc1F)C(=O)O)OC)N(C)C(=O)[C@@H](NC(=O)[C@H](C(C)C)N(C)C(=O)CCCCCN1C(=O)C=CC1=O)C(C)C. The average Bonchev–Trinajstić information content (AvgIpc) is 3.86. The molecular weight excluding hydrogens is 904 g/mol. The van der Waals surface area contributed by atoms with Crippen LogP contribution in [0, 0.1) is 40.8 Å². The number of nitrogens with one attached hydrogen (secondary N) is 2. The highest BCUT2D eigenvalue weighted by atomic mass is 19.1. The highest BCUT2D eigenvalue weighted by Gasteiger charge is 2.56. The number of carbonyl (C=O) groups excluding carboxylic acids is 7. The van der Waals surface area contributed by atoms with Crippen LogP contribution in [-0.2, 0) is 54.3 Å². The summed E-state index contributed by atoms with van der Waals surface area (Å²) < 4.78 is 26.5. The molecule has 3 N–H and O–H groups in total. The minimum Gasteiger partial charge on any atom is -0.481 e. The van der Waals surface area contributed by atoms with Crippen molar-refractivity contribution in [1.29, 1.82) is 0 Å². The Kier molecular flexibility index (Phi) is 21.1. The summed E-state index contributed by atoms with van der Waals surface area (Å²) in [5.74, 6) is -6.84. The van der Waals surface area contributed by atoms with Gasteiger partial charge in [-0.15, -0.1) is 0 Å². The number of carbonyl (C=O) groups is 8. The van der Waals surface area contributed by atoms with Gasteiger partial charge in [-0.3, -0.25) is 43.3 Å². The fraction of sp³-hybridized carbons (Fsp3) is 0.692. The maximum absolute atomic E-state index is 14.7. The number of hydrogen-bond acceptors (Lipinski definition) is 10. The summed E-state index contributed by atoms with van der Waals surface area (Å²) in [5.41, 5.74) is 0.120. The van der Waals surface area contributed by atoms with Crippen molar-refractivity contribution in [3.8, 4) is 0 Å². The van der Waals surface area contributed by atoms with Crippen LogP contribution in [0.1, 0.15) is 112 Å². The van der Waals surface area contributed by atoms with E-state index in [0.29, 0.717) is 38.6 Å². The van der Waals surface area contributed by atoms with Gasteiger partial charge in [0, 0.05) is 66.5 Å². The van der Waals surface area contributed by atoms with Crippen molar-refractivity contribution in [2.24, 2.45) is 35.0 Å². The lowest BCUT2D eigenvalue weighted by molar-refractivity contribution is -0.148. The third kappa shape index (κ3) is 14.4. The number of imide groups is 1. The Hall–Kier alpha value is -5.23. The Balaban J connectivity index is 1.44. The molecule has 1 aliphatic carbocycles. The van der Waals surface area contributed by atoms with E-state index in [4.69, 9.17) is 9.47 Å². The first kappa shape index (κ1) is 57.3. The van der Waals surface area contributed by atoms with Gasteiger partial charge in [-0.1, -0.05) is 79.5 Å². The summed E-state index contributed by atoms with van der Waals surface area (Å²) in [5, 5.41) is 15.6. The summed E-state index contributed by atoms with van der Waals surface area (Å²) in [6, 6.07) is 2.98. The van der Waals surface area contributed by atoms with Crippen molar-refractivity contribution >= 4 is 47.3 Å². The number of amides is 7. The van der Waals surface area contributed by atoms with Crippen molar-refractivity contribution in [2.75, 3.05) is 47.9 Å². The maximum Gasteiger partial charge on any atom is 0.308 e. The predicted molar refractivity (Wildman–Crippen MR) is 260 cm³/mol. The number of likely N-dealkylation sites (N-methyl/N-ethyl adjacent to an activating group) is 2. The molecular formula is C52H79FN6O11. The fourth-order valence-electron chi connectivity index (χ4n) is 10.2. The number of benzene rings is 1. The number of likely N-dealkylation sites (tertiary alicyclic amines) is 1. The van der Waals surface area contributed by atoms with Crippen LogP contribution in [-0.4, -0.2) is 156 Å². The highest BCUT2D eigenvalue weighted by Crippen LogP contribution is 2.56. The molecule has 17 nitrogen and oxygen atoms in total. The van der Waals surface area contributed by atoms with Crippen LogP contribution < -0.4 is 10.6 Å². The summed E-state index contributed by atoms with van der Waals surface area (Å²) in [6.07, 6.45) is 5.65. The molecule has 1 aromatic carbocycles. The fourth-order valence-corrected chi connectivity index (χ4v) is 10.2. The van der Waals surface area contributed by atoms with Gasteiger partial charge >= 0.3 is 5.97 Å². The number of carboxylic acid groups (broad SMARTS) is 1. The molecule has 70 heavy (non-hydrogen) atoms. The number of aliphatic carboxylic acids is 1. The minimum absolute atomic E-state index is 0.0875. The molecule has 1 aromatic rings. The number of ether oxygens (including phenoxy) is 2. The Morgan fingerprint density at radius 1 is 0.886 bits per heavy atom. The molecule has 1 unspecified atom stereocenters. The van der Waals surface area contributed by atoms with Gasteiger partial charge < -0.3 is 39.9 Å². The topological polar surface area (TPSA) is 212 Å². The third-order valence-electron chi connectivity index (χ3n) is 14.9. The number of carboxylic acids is 1. The van der Waals surface area contributed by atoms with E-state index < -0.39 is 71.8 Å². The number of unbranched alkanes of at least 4 members (excludes halogenated alkanes) is 2. The number of rotatable bonds is 28. The number of methoxy groups -OCH3 is 2.